The van der Waals surface area contributed by atoms with E-state index in [4.69, 9.17) is 0 Å². The summed E-state index contributed by atoms with van der Waals surface area (Å²) < 4.78 is 2.39. The van der Waals surface area contributed by atoms with Crippen LogP contribution in [-0.2, 0) is 11.2 Å². The van der Waals surface area contributed by atoms with Gasteiger partial charge in [-0.1, -0.05) is 12.1 Å². The summed E-state index contributed by atoms with van der Waals surface area (Å²) in [6.45, 7) is 3.77. The van der Waals surface area contributed by atoms with Crippen LogP contribution in [0.2, 0.25) is 0 Å². The van der Waals surface area contributed by atoms with Gasteiger partial charge in [0.1, 0.15) is 11.6 Å². The second-order valence-electron chi connectivity index (χ2n) is 7.88. The maximum atomic E-state index is 12.7. The number of aryl methyl sites for hydroxylation is 2. The summed E-state index contributed by atoms with van der Waals surface area (Å²) >= 11 is 0. The van der Waals surface area contributed by atoms with Crippen LogP contribution in [-0.4, -0.2) is 43.4 Å². The first-order valence-electron chi connectivity index (χ1n) is 9.94. The van der Waals surface area contributed by atoms with E-state index in [0.29, 0.717) is 24.8 Å². The summed E-state index contributed by atoms with van der Waals surface area (Å²) in [6, 6.07) is 8.36. The van der Waals surface area contributed by atoms with Gasteiger partial charge in [0.2, 0.25) is 5.91 Å². The molecule has 3 heterocycles. The third-order valence-electron chi connectivity index (χ3n) is 5.85. The molecule has 6 heteroatoms. The van der Waals surface area contributed by atoms with Crippen LogP contribution in [0.15, 0.2) is 30.5 Å². The molecule has 1 aliphatic carbocycles. The molecule has 1 saturated carbocycles. The Labute approximate surface area is 158 Å². The van der Waals surface area contributed by atoms with E-state index in [0.717, 1.165) is 36.4 Å². The second-order valence-corrected chi connectivity index (χ2v) is 7.88. The Hall–Kier alpha value is -2.63. The zero-order chi connectivity index (χ0) is 18.4. The lowest BCUT2D eigenvalue weighted by molar-refractivity contribution is -0.130. The Balaban J connectivity index is 1.22. The van der Waals surface area contributed by atoms with E-state index in [1.165, 1.54) is 24.4 Å². The molecule has 3 aromatic rings. The molecule has 2 aromatic heterocycles. The average molecular weight is 363 g/mol. The van der Waals surface area contributed by atoms with Crippen molar-refractivity contribution in [3.63, 3.8) is 0 Å². The highest BCUT2D eigenvalue weighted by Gasteiger charge is 2.34. The highest BCUT2D eigenvalue weighted by Crippen LogP contribution is 2.41. The molecule has 0 radical (unpaired) electrons. The van der Waals surface area contributed by atoms with Crippen LogP contribution in [0.3, 0.4) is 0 Å². The number of para-hydroxylation sites is 2. The Morgan fingerprint density at radius 1 is 1.26 bits per heavy atom. The van der Waals surface area contributed by atoms with Crippen molar-refractivity contribution in [3.05, 3.63) is 47.8 Å². The van der Waals surface area contributed by atoms with E-state index in [1.54, 1.807) is 0 Å². The van der Waals surface area contributed by atoms with Gasteiger partial charge in [-0.15, -0.1) is 0 Å². The van der Waals surface area contributed by atoms with Crippen molar-refractivity contribution in [2.24, 2.45) is 0 Å². The monoisotopic (exact) mass is 363 g/mol. The molecule has 5 rings (SSSR count). The molecule has 1 saturated heterocycles. The zero-order valence-corrected chi connectivity index (χ0v) is 15.7. The number of likely N-dealkylation sites (tertiary alicyclic amines) is 1. The lowest BCUT2D eigenvalue weighted by Crippen LogP contribution is -2.29. The molecule has 6 nitrogen and oxygen atoms in total. The number of nitrogens with one attached hydrogen (secondary N) is 1. The van der Waals surface area contributed by atoms with Gasteiger partial charge in [0.05, 0.1) is 17.1 Å². The maximum absolute atomic E-state index is 12.7. The fraction of sp³-hybridized carbons (Fsp3) is 0.476. The fourth-order valence-corrected chi connectivity index (χ4v) is 4.27. The number of fused-ring (bicyclic) bond motifs is 1. The van der Waals surface area contributed by atoms with Crippen LogP contribution in [0.4, 0.5) is 0 Å². The predicted octanol–water partition coefficient (Wildman–Crippen LogP) is 3.35. The Bertz CT molecular complexity index is 951. The summed E-state index contributed by atoms with van der Waals surface area (Å²) in [6.07, 6.45) is 6.68. The Morgan fingerprint density at radius 2 is 2.11 bits per heavy atom. The standard InChI is InChI=1S/C21H25N5O/c1-14-12-22-21(15-6-7-15)26(14)16-10-11-25(13-16)20(27)9-8-19-23-17-4-2-3-5-18(17)24-19/h2-5,12,15-16H,6-11,13H2,1H3,(H,23,24). The van der Waals surface area contributed by atoms with Crippen molar-refractivity contribution >= 4 is 16.9 Å². The van der Waals surface area contributed by atoms with Gasteiger partial charge >= 0.3 is 0 Å². The maximum Gasteiger partial charge on any atom is 0.223 e. The van der Waals surface area contributed by atoms with E-state index in [2.05, 4.69) is 26.4 Å². The molecule has 1 amide bonds. The molecule has 2 fully saturated rings. The number of carbonyl (C=O) groups is 1. The highest BCUT2D eigenvalue weighted by molar-refractivity contribution is 5.77. The van der Waals surface area contributed by atoms with Crippen molar-refractivity contribution in [1.29, 1.82) is 0 Å². The van der Waals surface area contributed by atoms with Crippen LogP contribution in [0.1, 0.15) is 55.0 Å². The van der Waals surface area contributed by atoms with Crippen LogP contribution in [0.25, 0.3) is 11.0 Å². The van der Waals surface area contributed by atoms with Crippen LogP contribution >= 0.6 is 0 Å². The van der Waals surface area contributed by atoms with Crippen molar-refractivity contribution in [1.82, 2.24) is 24.4 Å². The van der Waals surface area contributed by atoms with Gasteiger partial charge in [-0.05, 0) is 38.3 Å². The number of amides is 1. The quantitative estimate of drug-likeness (QED) is 0.756. The number of aromatic amines is 1. The van der Waals surface area contributed by atoms with Gasteiger partial charge in [0, 0.05) is 43.7 Å². The minimum Gasteiger partial charge on any atom is -0.342 e. The number of carbonyl (C=O) groups excluding carboxylic acids is 1. The second kappa shape index (κ2) is 6.51. The number of H-pyrrole nitrogens is 1. The van der Waals surface area contributed by atoms with Crippen LogP contribution < -0.4 is 0 Å². The first-order valence-corrected chi connectivity index (χ1v) is 9.94. The van der Waals surface area contributed by atoms with Crippen molar-refractivity contribution in [2.45, 2.75) is 51.0 Å². The van der Waals surface area contributed by atoms with Crippen LogP contribution in [0, 0.1) is 6.92 Å². The summed E-state index contributed by atoms with van der Waals surface area (Å²) in [5.41, 5.74) is 3.22. The Kier molecular flexibility index (Phi) is 3.99. The lowest BCUT2D eigenvalue weighted by Gasteiger charge is -2.19. The first kappa shape index (κ1) is 16.5. The van der Waals surface area contributed by atoms with E-state index in [-0.39, 0.29) is 5.91 Å². The summed E-state index contributed by atoms with van der Waals surface area (Å²) in [5, 5.41) is 0. The number of benzene rings is 1. The fourth-order valence-electron chi connectivity index (χ4n) is 4.27. The number of nitrogens with zero attached hydrogens (tertiary/aromatic N) is 4. The van der Waals surface area contributed by atoms with E-state index < -0.39 is 0 Å². The van der Waals surface area contributed by atoms with Crippen molar-refractivity contribution < 1.29 is 4.79 Å². The summed E-state index contributed by atoms with van der Waals surface area (Å²) in [5.74, 6) is 2.98. The molecule has 1 N–H and O–H groups in total. The van der Waals surface area contributed by atoms with Gasteiger partial charge in [-0.3, -0.25) is 4.79 Å². The molecule has 0 bridgehead atoms. The molecule has 0 spiro atoms. The number of hydrogen-bond acceptors (Lipinski definition) is 3. The van der Waals surface area contributed by atoms with Gasteiger partial charge in [0.15, 0.2) is 0 Å². The highest BCUT2D eigenvalue weighted by atomic mass is 16.2. The Morgan fingerprint density at radius 3 is 2.93 bits per heavy atom. The van der Waals surface area contributed by atoms with Gasteiger partial charge in [-0.25, -0.2) is 9.97 Å². The lowest BCUT2D eigenvalue weighted by atomic mass is 10.2. The van der Waals surface area contributed by atoms with Crippen molar-refractivity contribution in [2.75, 3.05) is 13.1 Å². The molecular formula is C21H25N5O. The normalized spacial score (nSPS) is 19.9. The average Bonchev–Trinajstić information content (AvgIpc) is 3.09. The van der Waals surface area contributed by atoms with Crippen molar-refractivity contribution in [3.8, 4) is 0 Å². The number of hydrogen-bond donors (Lipinski definition) is 1. The van der Waals surface area contributed by atoms with E-state index in [9.17, 15) is 4.79 Å². The van der Waals surface area contributed by atoms with E-state index >= 15 is 0 Å². The molecule has 1 atom stereocenters. The van der Waals surface area contributed by atoms with Gasteiger partial charge in [-0.2, -0.15) is 0 Å². The molecule has 1 unspecified atom stereocenters. The minimum atomic E-state index is 0.226. The summed E-state index contributed by atoms with van der Waals surface area (Å²) in [4.78, 5) is 27.3. The molecule has 1 aromatic carbocycles. The van der Waals surface area contributed by atoms with Crippen LogP contribution in [0.5, 0.6) is 0 Å². The van der Waals surface area contributed by atoms with Gasteiger partial charge in [0.25, 0.3) is 0 Å². The third-order valence-corrected chi connectivity index (χ3v) is 5.85. The molecular weight excluding hydrogens is 338 g/mol. The smallest absolute Gasteiger partial charge is 0.223 e. The SMILES string of the molecule is Cc1cnc(C2CC2)n1C1CCN(C(=O)CCc2nc3ccccc3[nH]2)C1. The summed E-state index contributed by atoms with van der Waals surface area (Å²) in [7, 11) is 0. The topological polar surface area (TPSA) is 66.8 Å². The number of imidazole rings is 2. The zero-order valence-electron chi connectivity index (χ0n) is 15.7. The molecule has 140 valence electrons. The minimum absolute atomic E-state index is 0.226. The first-order chi connectivity index (χ1) is 13.2. The predicted molar refractivity (Wildman–Crippen MR) is 104 cm³/mol. The molecule has 2 aliphatic rings. The number of rotatable bonds is 5. The molecule has 27 heavy (non-hydrogen) atoms. The number of aromatic nitrogens is 4. The third kappa shape index (κ3) is 3.13. The largest absolute Gasteiger partial charge is 0.342 e. The van der Waals surface area contributed by atoms with Gasteiger partial charge < -0.3 is 14.5 Å². The van der Waals surface area contributed by atoms with E-state index in [1.807, 2.05) is 35.4 Å². The molecule has 1 aliphatic heterocycles.